The fourth-order valence-corrected chi connectivity index (χ4v) is 14.9. The minimum absolute atomic E-state index is 0.0760. The molecule has 0 fully saturated rings. The van der Waals surface area contributed by atoms with Crippen molar-refractivity contribution in [2.75, 3.05) is 152 Å². The lowest BCUT2D eigenvalue weighted by atomic mass is 10.2. The number of nitrogens with two attached hydrogens (primary N) is 1. The predicted octanol–water partition coefficient (Wildman–Crippen LogP) is 10.9. The van der Waals surface area contributed by atoms with E-state index in [1.807, 2.05) is 119 Å². The summed E-state index contributed by atoms with van der Waals surface area (Å²) >= 11 is 0. The van der Waals surface area contributed by atoms with E-state index < -0.39 is 5.97 Å². The number of carbonyl (C=O) groups is 5. The number of aromatic nitrogens is 9. The molecular weight excluding hydrogens is 1610 g/mol. The smallest absolute Gasteiger partial charge is 0.335 e. The van der Waals surface area contributed by atoms with Gasteiger partial charge in [0, 0.05) is 195 Å². The Bertz CT molecular complexity index is 6000. The molecule has 6 heterocycles. The van der Waals surface area contributed by atoms with Crippen molar-refractivity contribution in [3.8, 4) is 23.1 Å². The zero-order valence-corrected chi connectivity index (χ0v) is 72.1. The van der Waals surface area contributed by atoms with Gasteiger partial charge in [0.2, 0.25) is 11.8 Å². The van der Waals surface area contributed by atoms with Gasteiger partial charge in [0.1, 0.15) is 28.7 Å². The molecule has 0 saturated heterocycles. The van der Waals surface area contributed by atoms with E-state index in [0.717, 1.165) is 95.6 Å². The van der Waals surface area contributed by atoms with Gasteiger partial charge in [0.25, 0.3) is 23.2 Å². The highest BCUT2D eigenvalue weighted by atomic mass is 16.5. The first-order chi connectivity index (χ1) is 62.0. The number of fused-ring (bicyclic) bond motifs is 3. The van der Waals surface area contributed by atoms with Crippen LogP contribution in [0.4, 0.5) is 45.9 Å². The van der Waals surface area contributed by atoms with Gasteiger partial charge in [0.05, 0.1) is 84.2 Å². The first kappa shape index (κ1) is 92.0. The number of azo groups is 3. The van der Waals surface area contributed by atoms with Crippen LogP contribution in [-0.2, 0) is 34.0 Å². The van der Waals surface area contributed by atoms with Crippen LogP contribution in [-0.4, -0.2) is 245 Å². The predicted molar refractivity (Wildman–Crippen MR) is 486 cm³/mol. The van der Waals surface area contributed by atoms with Gasteiger partial charge in [-0.05, 0) is 133 Å². The normalized spacial score (nSPS) is 11.7. The lowest BCUT2D eigenvalue weighted by molar-refractivity contribution is -0.122. The number of aromatic carboxylic acids is 1. The van der Waals surface area contributed by atoms with Crippen LogP contribution < -0.4 is 48.3 Å². The first-order valence-electron chi connectivity index (χ1n) is 42.1. The first-order valence-corrected chi connectivity index (χ1v) is 42.1. The number of nitrogens with one attached hydrogen (secondary N) is 8. The van der Waals surface area contributed by atoms with Crippen LogP contribution in [0.15, 0.2) is 195 Å². The second kappa shape index (κ2) is 46.0. The molecule has 0 atom stereocenters. The average Bonchev–Trinajstić information content (AvgIpc) is 1.63. The summed E-state index contributed by atoms with van der Waals surface area (Å²) in [6, 6.07) is 45.2. The van der Waals surface area contributed by atoms with Crippen molar-refractivity contribution in [3.63, 3.8) is 0 Å². The molecule has 0 radical (unpaired) electrons. The molecule has 6 aromatic carbocycles. The third-order valence-electron chi connectivity index (χ3n) is 21.8. The minimum Gasteiger partial charge on any atom is -0.478 e. The van der Waals surface area contributed by atoms with Crippen LogP contribution in [0.5, 0.6) is 0 Å². The average molecular weight is 1720 g/mol. The Kier molecular flexibility index (Phi) is 33.3. The van der Waals surface area contributed by atoms with Gasteiger partial charge < -0.3 is 66.5 Å². The van der Waals surface area contributed by atoms with Gasteiger partial charge in [-0.1, -0.05) is 54.6 Å². The Balaban J connectivity index is 0.683. The van der Waals surface area contributed by atoms with Crippen LogP contribution in [0.3, 0.4) is 0 Å². The molecule has 0 spiro atoms. The number of likely N-dealkylation sites (N-methyl/N-ethyl adjacent to an activating group) is 3. The number of nitriles is 1. The lowest BCUT2D eigenvalue weighted by Gasteiger charge is -2.23. The van der Waals surface area contributed by atoms with Crippen LogP contribution >= 0.6 is 0 Å². The van der Waals surface area contributed by atoms with E-state index in [2.05, 4.69) is 118 Å². The molecule has 37 nitrogen and oxygen atoms in total. The standard InChI is InChI=1S/C90H106N30O7/c1-62-82(72-15-9-12-18-77(72)115(62)44-33-80(121)99-40-51-112(46-35-91)47-36-93-4)107-110-87-76(97-8)60-105-120(87)71-29-23-66(24-30-71)89(124)102-43-54-114(50-39-98-61-127-56-55-117-64(3)84(74-17-11-14-20-79(74)117)106-109-85-68(57-92)58-103-118(85)69-31-25-67(26-32-69)90(125)126)52-41-100-81(122)34-45-116-63(2)83(73-16-10-13-19-78(73)116)108-111-86-75(96-7)59-104-119(86)70-27-21-65(22-28-70)88(123)101-42-53-113(48-37-94-5)49-38-95-6/h9-32,58-60,93-95,98H,33-56,61,91H2,1-6H3,(H,99,121)(H,100,122)(H,101,123)(H,102,124)(H,125,126). The fraction of sp³-hybridized carbons (Fsp3) is 0.344. The van der Waals surface area contributed by atoms with E-state index in [1.54, 1.807) is 60.7 Å². The number of ether oxygens (including phenoxy) is 1. The van der Waals surface area contributed by atoms with E-state index in [4.69, 9.17) is 33.8 Å². The summed E-state index contributed by atoms with van der Waals surface area (Å²) in [5.74, 6) is -1.28. The number of rotatable bonds is 49. The molecule has 6 aromatic heterocycles. The Labute approximate surface area is 735 Å². The number of aryl methyl sites for hydroxylation is 2. The van der Waals surface area contributed by atoms with Crippen LogP contribution in [0.25, 0.3) is 59.5 Å². The van der Waals surface area contributed by atoms with Gasteiger partial charge in [-0.2, -0.15) is 20.6 Å². The van der Waals surface area contributed by atoms with Crippen molar-refractivity contribution in [1.29, 1.82) is 5.26 Å². The molecule has 11 N–H and O–H groups in total. The third-order valence-corrected chi connectivity index (χ3v) is 21.8. The molecule has 12 rings (SSSR count). The summed E-state index contributed by atoms with van der Waals surface area (Å²) in [6.45, 7) is 34.5. The molecule has 127 heavy (non-hydrogen) atoms. The quantitative estimate of drug-likeness (QED) is 0.00733. The zero-order valence-electron chi connectivity index (χ0n) is 72.1. The van der Waals surface area contributed by atoms with Gasteiger partial charge in [-0.25, -0.2) is 28.5 Å². The van der Waals surface area contributed by atoms with Crippen molar-refractivity contribution >= 4 is 108 Å². The summed E-state index contributed by atoms with van der Waals surface area (Å²) in [5.41, 5.74) is 15.7. The summed E-state index contributed by atoms with van der Waals surface area (Å²) in [4.78, 5) is 80.0. The molecule has 658 valence electrons. The number of carbonyl (C=O) groups excluding carboxylic acids is 4. The van der Waals surface area contributed by atoms with Gasteiger partial charge >= 0.3 is 5.97 Å². The summed E-state index contributed by atoms with van der Waals surface area (Å²) in [7, 11) is 5.74. The van der Waals surface area contributed by atoms with Crippen LogP contribution in [0.2, 0.25) is 0 Å². The van der Waals surface area contributed by atoms with Gasteiger partial charge in [-0.3, -0.25) is 39.2 Å². The number of nitrogens with zero attached hydrogens (tertiary/aromatic N) is 21. The van der Waals surface area contributed by atoms with Crippen molar-refractivity contribution in [1.82, 2.24) is 100 Å². The van der Waals surface area contributed by atoms with Crippen molar-refractivity contribution in [2.45, 2.75) is 53.2 Å². The Morgan fingerprint density at radius 2 is 0.811 bits per heavy atom. The summed E-state index contributed by atoms with van der Waals surface area (Å²) in [5, 5.41) is 88.6. The molecule has 4 amide bonds. The van der Waals surface area contributed by atoms with Crippen molar-refractivity contribution in [3.05, 3.63) is 226 Å². The molecule has 12 aromatic rings. The number of benzene rings is 6. The van der Waals surface area contributed by atoms with Gasteiger partial charge in [0.15, 0.2) is 17.5 Å². The second-order valence-electron chi connectivity index (χ2n) is 29.9. The largest absolute Gasteiger partial charge is 0.478 e. The highest BCUT2D eigenvalue weighted by Gasteiger charge is 2.24. The Hall–Kier alpha value is -14.2. The monoisotopic (exact) mass is 1720 g/mol. The van der Waals surface area contributed by atoms with E-state index in [9.17, 15) is 34.3 Å². The highest BCUT2D eigenvalue weighted by molar-refractivity contribution is 5.97. The number of carboxylic acid groups (broad SMARTS) is 1. The zero-order chi connectivity index (χ0) is 89.6. The Morgan fingerprint density at radius 3 is 1.20 bits per heavy atom. The van der Waals surface area contributed by atoms with E-state index in [0.29, 0.717) is 130 Å². The molecule has 0 aliphatic carbocycles. The SMILES string of the molecule is [C-]#[N+]c1cnn(-c2ccc(C(=O)NCCN(CCNCOCCn3c(C)c(N=Nc4c(C#N)cnn4-c4ccc(C(=O)O)cc4)c4ccccc43)CCNC(=O)CCn3c(C)c(N=Nc4c([N+]#[C-])cnn4-c4ccc(C(=O)NCCN(CCNC)CCNC)cc4)c4ccccc43)cc2)c1N=Nc1c(C)n(CCC(=O)NCCN(CCN)CCNC)c2ccccc12. The molecule has 0 unspecified atom stereocenters. The molecular formula is C90H106N30O7. The van der Waals surface area contributed by atoms with Crippen LogP contribution in [0.1, 0.15) is 66.6 Å². The number of hydrogen-bond acceptors (Lipinski definition) is 24. The Morgan fingerprint density at radius 1 is 0.457 bits per heavy atom. The maximum Gasteiger partial charge on any atom is 0.335 e. The highest BCUT2D eigenvalue weighted by Crippen LogP contribution is 2.41. The van der Waals surface area contributed by atoms with Gasteiger partial charge in [-0.15, -0.1) is 30.7 Å². The summed E-state index contributed by atoms with van der Waals surface area (Å²) < 4.78 is 16.8. The second-order valence-corrected chi connectivity index (χ2v) is 29.9. The maximum atomic E-state index is 14.0. The third kappa shape index (κ3) is 23.5. The molecule has 0 saturated carbocycles. The lowest BCUT2D eigenvalue weighted by Crippen LogP contribution is -2.42. The number of para-hydroxylation sites is 3. The van der Waals surface area contributed by atoms with Crippen molar-refractivity contribution < 1.29 is 33.8 Å². The molecule has 37 heteroatoms. The minimum atomic E-state index is -1.07. The van der Waals surface area contributed by atoms with E-state index in [1.165, 1.54) is 44.8 Å². The molecule has 0 aliphatic rings. The topological polar surface area (TPSA) is 422 Å². The number of amides is 4. The van der Waals surface area contributed by atoms with Crippen LogP contribution in [0, 0.1) is 45.2 Å². The summed E-state index contributed by atoms with van der Waals surface area (Å²) in [6.07, 6.45) is 4.61. The molecule has 0 aliphatic heterocycles. The molecule has 0 bridgehead atoms. The van der Waals surface area contributed by atoms with Crippen molar-refractivity contribution in [2.24, 2.45) is 36.4 Å². The number of carboxylic acids is 1. The van der Waals surface area contributed by atoms with E-state index in [-0.39, 0.29) is 96.2 Å². The maximum absolute atomic E-state index is 14.0. The van der Waals surface area contributed by atoms with E-state index >= 15 is 0 Å². The fourth-order valence-electron chi connectivity index (χ4n) is 14.9. The number of hydrogen-bond donors (Lipinski definition) is 10.